The predicted molar refractivity (Wildman–Crippen MR) is 111 cm³/mol. The largest absolute Gasteiger partial charge is 0.246 e. The summed E-state index contributed by atoms with van der Waals surface area (Å²) in [4.78, 5) is 4.35. The van der Waals surface area contributed by atoms with Crippen LogP contribution in [-0.2, 0) is 6.54 Å². The van der Waals surface area contributed by atoms with E-state index in [1.165, 1.54) is 0 Å². The molecule has 1 heterocycles. The molecular weight excluding hydrogens is 344 g/mol. The van der Waals surface area contributed by atoms with Gasteiger partial charge in [-0.2, -0.15) is 10.4 Å². The van der Waals surface area contributed by atoms with Crippen LogP contribution in [0.1, 0.15) is 22.8 Å². The van der Waals surface area contributed by atoms with E-state index in [1.54, 1.807) is 0 Å². The normalized spacial score (nSPS) is 10.6. The second-order valence-corrected chi connectivity index (χ2v) is 6.80. The van der Waals surface area contributed by atoms with Crippen molar-refractivity contribution in [3.05, 3.63) is 95.6 Å². The number of nitrogens with zero attached hydrogens (tertiary/aromatic N) is 4. The smallest absolute Gasteiger partial charge is 0.147 e. The minimum absolute atomic E-state index is 0.676. The van der Waals surface area contributed by atoms with Crippen LogP contribution < -0.4 is 0 Å². The summed E-state index contributed by atoms with van der Waals surface area (Å²) in [6.07, 6.45) is 0. The third-order valence-electron chi connectivity index (χ3n) is 4.81. The summed E-state index contributed by atoms with van der Waals surface area (Å²) in [7, 11) is 0. The van der Waals surface area contributed by atoms with Crippen molar-refractivity contribution in [2.75, 3.05) is 0 Å². The van der Waals surface area contributed by atoms with Crippen LogP contribution in [0.15, 0.2) is 72.8 Å². The maximum Gasteiger partial charge on any atom is 0.147 e. The lowest BCUT2D eigenvalue weighted by molar-refractivity contribution is 0.656. The Morgan fingerprint density at radius 3 is 2.21 bits per heavy atom. The Balaban J connectivity index is 1.67. The van der Waals surface area contributed by atoms with E-state index >= 15 is 0 Å². The third kappa shape index (κ3) is 3.56. The van der Waals surface area contributed by atoms with Gasteiger partial charge < -0.3 is 0 Å². The Bertz CT molecular complexity index is 1150. The summed E-state index contributed by atoms with van der Waals surface area (Å²) < 4.78 is 1.90. The molecule has 0 unspecified atom stereocenters. The second kappa shape index (κ2) is 7.50. The van der Waals surface area contributed by atoms with Gasteiger partial charge in [-0.15, -0.1) is 0 Å². The molecule has 4 heteroatoms. The molecule has 4 rings (SSSR count). The number of rotatable bonds is 4. The monoisotopic (exact) mass is 364 g/mol. The van der Waals surface area contributed by atoms with Crippen LogP contribution in [0.2, 0.25) is 0 Å². The van der Waals surface area contributed by atoms with Gasteiger partial charge in [0, 0.05) is 5.56 Å². The molecule has 0 saturated heterocycles. The van der Waals surface area contributed by atoms with Gasteiger partial charge >= 0.3 is 0 Å². The number of benzene rings is 3. The molecule has 0 aliphatic rings. The maximum atomic E-state index is 9.55. The van der Waals surface area contributed by atoms with E-state index in [0.29, 0.717) is 12.1 Å². The van der Waals surface area contributed by atoms with E-state index < -0.39 is 0 Å². The van der Waals surface area contributed by atoms with Crippen molar-refractivity contribution in [1.29, 1.82) is 5.26 Å². The Morgan fingerprint density at radius 2 is 1.57 bits per heavy atom. The van der Waals surface area contributed by atoms with Crippen LogP contribution in [0.3, 0.4) is 0 Å². The molecule has 0 aliphatic carbocycles. The minimum atomic E-state index is 0.676. The van der Waals surface area contributed by atoms with Crippen molar-refractivity contribution in [2.45, 2.75) is 20.4 Å². The Morgan fingerprint density at radius 1 is 0.857 bits per heavy atom. The molecule has 3 aromatic carbocycles. The molecule has 0 radical (unpaired) electrons. The summed E-state index contributed by atoms with van der Waals surface area (Å²) in [5.74, 6) is 1.69. The predicted octanol–water partition coefficient (Wildman–Crippen LogP) is 5.15. The average Bonchev–Trinajstić information content (AvgIpc) is 3.05. The van der Waals surface area contributed by atoms with E-state index in [9.17, 15) is 5.26 Å². The standard InChI is InChI=1S/C24H20N4/c1-17-26-18(2)28(27-17)16-19-8-10-21(11-9-19)24-14-22(12-13-23(24)15-25)20-6-4-3-5-7-20/h3-14H,16H2,1-2H3. The van der Waals surface area contributed by atoms with Crippen molar-refractivity contribution in [1.82, 2.24) is 14.8 Å². The molecule has 0 fully saturated rings. The lowest BCUT2D eigenvalue weighted by atomic mass is 9.94. The molecule has 0 bridgehead atoms. The fraction of sp³-hybridized carbons (Fsp3) is 0.125. The van der Waals surface area contributed by atoms with Gasteiger partial charge in [0.2, 0.25) is 0 Å². The van der Waals surface area contributed by atoms with Gasteiger partial charge in [-0.05, 0) is 48.2 Å². The van der Waals surface area contributed by atoms with Crippen molar-refractivity contribution < 1.29 is 0 Å². The first-order valence-electron chi connectivity index (χ1n) is 9.21. The Kier molecular flexibility index (Phi) is 4.74. The zero-order valence-corrected chi connectivity index (χ0v) is 15.9. The molecule has 4 aromatic rings. The van der Waals surface area contributed by atoms with Crippen molar-refractivity contribution >= 4 is 0 Å². The second-order valence-electron chi connectivity index (χ2n) is 6.80. The molecule has 28 heavy (non-hydrogen) atoms. The summed E-state index contributed by atoms with van der Waals surface area (Å²) in [5.41, 5.74) is 6.05. The Labute approximate surface area is 164 Å². The van der Waals surface area contributed by atoms with Gasteiger partial charge in [0.15, 0.2) is 0 Å². The lowest BCUT2D eigenvalue weighted by Gasteiger charge is -2.10. The summed E-state index contributed by atoms with van der Waals surface area (Å²) in [5, 5.41) is 14.0. The number of hydrogen-bond donors (Lipinski definition) is 0. The molecule has 0 spiro atoms. The van der Waals surface area contributed by atoms with Crippen LogP contribution >= 0.6 is 0 Å². The number of aromatic nitrogens is 3. The SMILES string of the molecule is Cc1nc(C)n(Cc2ccc(-c3cc(-c4ccccc4)ccc3C#N)cc2)n1. The summed E-state index contributed by atoms with van der Waals surface area (Å²) in [6, 6.07) is 26.8. The first-order chi connectivity index (χ1) is 13.6. The molecule has 4 nitrogen and oxygen atoms in total. The molecule has 0 amide bonds. The number of nitriles is 1. The van der Waals surface area contributed by atoms with Gasteiger partial charge in [-0.1, -0.05) is 60.7 Å². The highest BCUT2D eigenvalue weighted by molar-refractivity contribution is 5.77. The van der Waals surface area contributed by atoms with Gasteiger partial charge in [-0.25, -0.2) is 9.67 Å². The summed E-state index contributed by atoms with van der Waals surface area (Å²) >= 11 is 0. The van der Waals surface area contributed by atoms with E-state index in [2.05, 4.69) is 58.6 Å². The van der Waals surface area contributed by atoms with Gasteiger partial charge in [-0.3, -0.25) is 0 Å². The van der Waals surface area contributed by atoms with E-state index in [0.717, 1.165) is 39.5 Å². The summed E-state index contributed by atoms with van der Waals surface area (Å²) in [6.45, 7) is 4.54. The zero-order chi connectivity index (χ0) is 19.5. The van der Waals surface area contributed by atoms with Gasteiger partial charge in [0.05, 0.1) is 18.2 Å². The zero-order valence-electron chi connectivity index (χ0n) is 15.9. The van der Waals surface area contributed by atoms with Crippen molar-refractivity contribution in [2.24, 2.45) is 0 Å². The molecule has 1 aromatic heterocycles. The van der Waals surface area contributed by atoms with Crippen LogP contribution in [-0.4, -0.2) is 14.8 Å². The topological polar surface area (TPSA) is 54.5 Å². The molecular formula is C24H20N4. The van der Waals surface area contributed by atoms with Gasteiger partial charge in [0.1, 0.15) is 11.6 Å². The van der Waals surface area contributed by atoms with Crippen molar-refractivity contribution in [3.8, 4) is 28.3 Å². The minimum Gasteiger partial charge on any atom is -0.246 e. The van der Waals surface area contributed by atoms with Crippen LogP contribution in [0, 0.1) is 25.2 Å². The van der Waals surface area contributed by atoms with Crippen LogP contribution in [0.25, 0.3) is 22.3 Å². The average molecular weight is 364 g/mol. The first kappa shape index (κ1) is 17.7. The quantitative estimate of drug-likeness (QED) is 0.503. The van der Waals surface area contributed by atoms with Crippen LogP contribution in [0.5, 0.6) is 0 Å². The lowest BCUT2D eigenvalue weighted by Crippen LogP contribution is -2.04. The Hall–Kier alpha value is -3.71. The highest BCUT2D eigenvalue weighted by Crippen LogP contribution is 2.29. The van der Waals surface area contributed by atoms with E-state index in [-0.39, 0.29) is 0 Å². The van der Waals surface area contributed by atoms with E-state index in [1.807, 2.05) is 48.9 Å². The fourth-order valence-corrected chi connectivity index (χ4v) is 3.36. The highest BCUT2D eigenvalue weighted by Gasteiger charge is 2.09. The molecule has 136 valence electrons. The number of aryl methyl sites for hydroxylation is 2. The third-order valence-corrected chi connectivity index (χ3v) is 4.81. The number of hydrogen-bond acceptors (Lipinski definition) is 3. The molecule has 0 aliphatic heterocycles. The van der Waals surface area contributed by atoms with E-state index in [4.69, 9.17) is 0 Å². The fourth-order valence-electron chi connectivity index (χ4n) is 3.36. The molecule has 0 saturated carbocycles. The van der Waals surface area contributed by atoms with Gasteiger partial charge in [0.25, 0.3) is 0 Å². The van der Waals surface area contributed by atoms with Crippen LogP contribution in [0.4, 0.5) is 0 Å². The molecule has 0 atom stereocenters. The maximum absolute atomic E-state index is 9.55. The van der Waals surface area contributed by atoms with Crippen molar-refractivity contribution in [3.63, 3.8) is 0 Å². The highest BCUT2D eigenvalue weighted by atomic mass is 15.3. The molecule has 0 N–H and O–H groups in total. The first-order valence-corrected chi connectivity index (χ1v) is 9.21.